The minimum Gasteiger partial charge on any atom is -0.748 e. The summed E-state index contributed by atoms with van der Waals surface area (Å²) in [5, 5.41) is 0. The van der Waals surface area contributed by atoms with E-state index >= 15 is 0 Å². The summed E-state index contributed by atoms with van der Waals surface area (Å²) in [6, 6.07) is 0. The van der Waals surface area contributed by atoms with Gasteiger partial charge in [-0.2, -0.15) is 0 Å². The summed E-state index contributed by atoms with van der Waals surface area (Å²) < 4.78 is 62.9. The number of unbranched alkanes of at least 4 members (excludes halogenated alkanes) is 20. The van der Waals surface area contributed by atoms with Crippen molar-refractivity contribution in [2.24, 2.45) is 0 Å². The third-order valence-corrected chi connectivity index (χ3v) is 10.1. The molecule has 0 saturated heterocycles. The molecule has 0 aliphatic carbocycles. The standard InChI is InChI=1S/2C19H37NO4S.Ca/c2*1-3-4-5-6-7-8-9-10-11-12-13-16-19(21)20(2)17-14-15-18-25(22,23)24;/h2*13,16H,3-12,14-15,17-18H2,1-2H3,(H,22,23,24);/q;;+2/p-2/b2*16-13+;. The number of hydrogen-bond acceptors (Lipinski definition) is 8. The fourth-order valence-corrected chi connectivity index (χ4v) is 6.36. The Morgan fingerprint density at radius 3 is 1.02 bits per heavy atom. The number of hydrogen-bond donors (Lipinski definition) is 0. The van der Waals surface area contributed by atoms with Crippen LogP contribution in [0.2, 0.25) is 0 Å². The summed E-state index contributed by atoms with van der Waals surface area (Å²) in [5.41, 5.74) is 0. The van der Waals surface area contributed by atoms with E-state index in [0.717, 1.165) is 25.7 Å². The quantitative estimate of drug-likeness (QED) is 0.0287. The maximum absolute atomic E-state index is 11.9. The van der Waals surface area contributed by atoms with Crippen molar-refractivity contribution in [2.75, 3.05) is 38.7 Å². The maximum Gasteiger partial charge on any atom is 2.00 e. The van der Waals surface area contributed by atoms with E-state index in [1.165, 1.54) is 103 Å². The number of amides is 2. The number of carbonyl (C=O) groups excluding carboxylic acids is 2. The van der Waals surface area contributed by atoms with Gasteiger partial charge in [0.1, 0.15) is 0 Å². The van der Waals surface area contributed by atoms with E-state index in [1.807, 2.05) is 12.2 Å². The second-order valence-corrected chi connectivity index (χ2v) is 16.5. The van der Waals surface area contributed by atoms with E-state index in [4.69, 9.17) is 0 Å². The zero-order valence-corrected chi connectivity index (χ0v) is 36.6. The van der Waals surface area contributed by atoms with Crippen molar-refractivity contribution in [3.63, 3.8) is 0 Å². The van der Waals surface area contributed by atoms with Crippen molar-refractivity contribution in [2.45, 2.75) is 168 Å². The molecule has 0 bridgehead atoms. The fraction of sp³-hybridized carbons (Fsp3) is 0.842. The first kappa shape index (κ1) is 54.8. The number of allylic oxidation sites excluding steroid dienone is 2. The molecule has 0 radical (unpaired) electrons. The second kappa shape index (κ2) is 37.8. The van der Waals surface area contributed by atoms with E-state index < -0.39 is 20.2 Å². The van der Waals surface area contributed by atoms with Gasteiger partial charge in [-0.15, -0.1) is 0 Å². The largest absolute Gasteiger partial charge is 2.00 e. The zero-order valence-electron chi connectivity index (χ0n) is 32.8. The van der Waals surface area contributed by atoms with Gasteiger partial charge in [0.05, 0.1) is 20.2 Å². The van der Waals surface area contributed by atoms with Crippen LogP contribution in [0.5, 0.6) is 0 Å². The van der Waals surface area contributed by atoms with E-state index in [2.05, 4.69) is 13.8 Å². The molecule has 10 nitrogen and oxygen atoms in total. The normalized spacial score (nSPS) is 11.7. The summed E-state index contributed by atoms with van der Waals surface area (Å²) in [7, 11) is -4.90. The molecule has 0 rings (SSSR count). The number of nitrogens with zero attached hydrogens (tertiary/aromatic N) is 2. The predicted molar refractivity (Wildman–Crippen MR) is 211 cm³/mol. The molecular formula is C38H72CaN2O8S2. The number of rotatable bonds is 32. The van der Waals surface area contributed by atoms with Crippen LogP contribution >= 0.6 is 0 Å². The Morgan fingerprint density at radius 2 is 0.745 bits per heavy atom. The van der Waals surface area contributed by atoms with E-state index in [0.29, 0.717) is 38.8 Å². The minimum absolute atomic E-state index is 0. The monoisotopic (exact) mass is 788 g/mol. The Kier molecular flexibility index (Phi) is 40.6. The van der Waals surface area contributed by atoms with Crippen LogP contribution in [0.1, 0.15) is 168 Å². The molecule has 2 amide bonds. The Bertz CT molecular complexity index is 1010. The molecule has 0 aromatic rings. The molecule has 296 valence electrons. The molecule has 0 N–H and O–H groups in total. The Hall–Kier alpha value is -0.500. The molecule has 51 heavy (non-hydrogen) atoms. The maximum atomic E-state index is 11.9. The number of carbonyl (C=O) groups is 2. The van der Waals surface area contributed by atoms with Crippen LogP contribution in [0.4, 0.5) is 0 Å². The van der Waals surface area contributed by atoms with E-state index in [9.17, 15) is 35.5 Å². The number of likely N-dealkylation sites (N-methyl/N-ethyl adjacent to an activating group) is 2. The van der Waals surface area contributed by atoms with Gasteiger partial charge in [-0.1, -0.05) is 129 Å². The molecule has 0 heterocycles. The third-order valence-electron chi connectivity index (χ3n) is 8.50. The van der Waals surface area contributed by atoms with Crippen molar-refractivity contribution in [1.29, 1.82) is 0 Å². The van der Waals surface area contributed by atoms with E-state index in [1.54, 1.807) is 36.0 Å². The molecule has 0 atom stereocenters. The van der Waals surface area contributed by atoms with Crippen LogP contribution in [0.25, 0.3) is 0 Å². The van der Waals surface area contributed by atoms with Gasteiger partial charge in [-0.05, 0) is 63.5 Å². The molecule has 0 aliphatic heterocycles. The second-order valence-electron chi connectivity index (χ2n) is 13.5. The van der Waals surface area contributed by atoms with Gasteiger partial charge in [0.25, 0.3) is 0 Å². The van der Waals surface area contributed by atoms with Gasteiger partial charge < -0.3 is 18.9 Å². The van der Waals surface area contributed by atoms with Gasteiger partial charge in [-0.25, -0.2) is 16.8 Å². The van der Waals surface area contributed by atoms with Crippen LogP contribution in [0.3, 0.4) is 0 Å². The molecule has 0 saturated carbocycles. The van der Waals surface area contributed by atoms with Gasteiger partial charge in [0.2, 0.25) is 11.8 Å². The topological polar surface area (TPSA) is 155 Å². The van der Waals surface area contributed by atoms with Gasteiger partial charge >= 0.3 is 37.7 Å². The van der Waals surface area contributed by atoms with Crippen molar-refractivity contribution >= 4 is 69.8 Å². The molecule has 0 fully saturated rings. The first-order valence-corrected chi connectivity index (χ1v) is 22.6. The molecule has 0 aromatic heterocycles. The Balaban J connectivity index is -0.000000886. The average molecular weight is 789 g/mol. The molecule has 0 aromatic carbocycles. The first-order valence-electron chi connectivity index (χ1n) is 19.4. The van der Waals surface area contributed by atoms with Crippen molar-refractivity contribution in [3.05, 3.63) is 24.3 Å². The van der Waals surface area contributed by atoms with Crippen LogP contribution < -0.4 is 0 Å². The fourth-order valence-electron chi connectivity index (χ4n) is 5.24. The molecular weight excluding hydrogens is 717 g/mol. The van der Waals surface area contributed by atoms with E-state index in [-0.39, 0.29) is 61.1 Å². The van der Waals surface area contributed by atoms with Crippen LogP contribution in [-0.2, 0) is 29.8 Å². The Morgan fingerprint density at radius 1 is 0.471 bits per heavy atom. The summed E-state index contributed by atoms with van der Waals surface area (Å²) in [6.45, 7) is 5.41. The molecule has 0 aliphatic rings. The Labute approximate surface area is 343 Å². The van der Waals surface area contributed by atoms with Crippen molar-refractivity contribution < 1.29 is 35.5 Å². The van der Waals surface area contributed by atoms with Crippen LogP contribution in [-0.4, -0.2) is 124 Å². The van der Waals surface area contributed by atoms with Gasteiger partial charge in [0.15, 0.2) is 0 Å². The summed E-state index contributed by atoms with van der Waals surface area (Å²) in [6.07, 6.45) is 33.7. The van der Waals surface area contributed by atoms with Crippen molar-refractivity contribution in [1.82, 2.24) is 9.80 Å². The summed E-state index contributed by atoms with van der Waals surface area (Å²) in [4.78, 5) is 26.8. The predicted octanol–water partition coefficient (Wildman–Crippen LogP) is 8.11. The molecule has 13 heteroatoms. The van der Waals surface area contributed by atoms with Gasteiger partial charge in [-0.3, -0.25) is 9.59 Å². The smallest absolute Gasteiger partial charge is 0.748 e. The summed E-state index contributed by atoms with van der Waals surface area (Å²) in [5.74, 6) is -0.853. The van der Waals surface area contributed by atoms with Crippen molar-refractivity contribution in [3.8, 4) is 0 Å². The SMILES string of the molecule is CCCCCCCCCCC/C=C/C(=O)N(C)CCCCS(=O)(=O)[O-].CCCCCCCCCCC/C=C/C(=O)N(C)CCCCS(=O)(=O)[O-].[Ca+2]. The van der Waals surface area contributed by atoms with Crippen LogP contribution in [0, 0.1) is 0 Å². The van der Waals surface area contributed by atoms with Crippen LogP contribution in [0.15, 0.2) is 24.3 Å². The average Bonchev–Trinajstić information content (AvgIpc) is 3.05. The molecule has 0 unspecified atom stereocenters. The zero-order chi connectivity index (χ0) is 37.9. The third kappa shape index (κ3) is 45.6. The minimum atomic E-state index is -4.14. The molecule has 0 spiro atoms. The van der Waals surface area contributed by atoms with Gasteiger partial charge in [0, 0.05) is 38.7 Å². The first-order chi connectivity index (χ1) is 23.7. The summed E-state index contributed by atoms with van der Waals surface area (Å²) >= 11 is 0.